The highest BCUT2D eigenvalue weighted by molar-refractivity contribution is 7.89. The minimum atomic E-state index is -3.58. The molecule has 0 bridgehead atoms. The number of carbonyl (C=O) groups excluding carboxylic acids is 1. The highest BCUT2D eigenvalue weighted by Gasteiger charge is 2.19. The number of para-hydroxylation sites is 2. The summed E-state index contributed by atoms with van der Waals surface area (Å²) in [7, 11) is -3.58. The quantitative estimate of drug-likeness (QED) is 0.638. The van der Waals surface area contributed by atoms with Gasteiger partial charge >= 0.3 is 0 Å². The van der Waals surface area contributed by atoms with E-state index in [1.807, 2.05) is 28.8 Å². The zero-order valence-corrected chi connectivity index (χ0v) is 15.5. The summed E-state index contributed by atoms with van der Waals surface area (Å²) in [6.45, 7) is 1.02. The Hall–Kier alpha value is -2.71. The average molecular weight is 384 g/mol. The number of aromatic nitrogens is 2. The van der Waals surface area contributed by atoms with Crippen LogP contribution in [-0.4, -0.2) is 30.4 Å². The van der Waals surface area contributed by atoms with Crippen molar-refractivity contribution in [3.63, 3.8) is 0 Å². The van der Waals surface area contributed by atoms with Gasteiger partial charge in [0, 0.05) is 25.2 Å². The smallest absolute Gasteiger partial charge is 0.240 e. The van der Waals surface area contributed by atoms with E-state index in [4.69, 9.17) is 0 Å². The van der Waals surface area contributed by atoms with Crippen molar-refractivity contribution in [2.24, 2.45) is 0 Å². The van der Waals surface area contributed by atoms with Crippen LogP contribution >= 0.6 is 0 Å². The number of rotatable bonds is 6. The second kappa shape index (κ2) is 7.13. The normalized spacial score (nSPS) is 14.1. The molecule has 0 spiro atoms. The van der Waals surface area contributed by atoms with Crippen molar-refractivity contribution in [3.8, 4) is 0 Å². The molecular formula is C19H20N4O3S. The Balaban J connectivity index is 1.38. The summed E-state index contributed by atoms with van der Waals surface area (Å²) in [4.78, 5) is 16.0. The predicted molar refractivity (Wildman–Crippen MR) is 103 cm³/mol. The van der Waals surface area contributed by atoms with Gasteiger partial charge < -0.3 is 9.88 Å². The van der Waals surface area contributed by atoms with Crippen molar-refractivity contribution in [1.29, 1.82) is 0 Å². The minimum absolute atomic E-state index is 0.0387. The number of nitrogens with one attached hydrogen (secondary N) is 2. The molecule has 1 aliphatic heterocycles. The number of carbonyl (C=O) groups is 1. The van der Waals surface area contributed by atoms with Crippen LogP contribution in [0, 0.1) is 0 Å². The van der Waals surface area contributed by atoms with Gasteiger partial charge in [-0.3, -0.25) is 4.79 Å². The molecule has 27 heavy (non-hydrogen) atoms. The van der Waals surface area contributed by atoms with Gasteiger partial charge in [-0.1, -0.05) is 12.1 Å². The van der Waals surface area contributed by atoms with Crippen molar-refractivity contribution in [2.45, 2.75) is 30.7 Å². The Morgan fingerprint density at radius 2 is 2.00 bits per heavy atom. The van der Waals surface area contributed by atoms with Crippen molar-refractivity contribution in [2.75, 3.05) is 11.9 Å². The zero-order valence-electron chi connectivity index (χ0n) is 14.7. The van der Waals surface area contributed by atoms with E-state index >= 15 is 0 Å². The fourth-order valence-corrected chi connectivity index (χ4v) is 4.38. The predicted octanol–water partition coefficient (Wildman–Crippen LogP) is 2.29. The molecule has 2 aromatic carbocycles. The average Bonchev–Trinajstić information content (AvgIpc) is 3.08. The first-order valence-electron chi connectivity index (χ1n) is 8.85. The summed E-state index contributed by atoms with van der Waals surface area (Å²) in [5.74, 6) is -0.0387. The number of hydrogen-bond acceptors (Lipinski definition) is 4. The van der Waals surface area contributed by atoms with Crippen molar-refractivity contribution in [1.82, 2.24) is 14.3 Å². The fraction of sp³-hybridized carbons (Fsp3) is 0.263. The highest BCUT2D eigenvalue weighted by Crippen LogP contribution is 2.25. The topological polar surface area (TPSA) is 93.1 Å². The maximum absolute atomic E-state index is 12.5. The second-order valence-electron chi connectivity index (χ2n) is 6.55. The lowest BCUT2D eigenvalue weighted by atomic mass is 10.0. The highest BCUT2D eigenvalue weighted by atomic mass is 32.2. The Morgan fingerprint density at radius 1 is 1.15 bits per heavy atom. The van der Waals surface area contributed by atoms with E-state index in [1.165, 1.54) is 6.07 Å². The Kier molecular flexibility index (Phi) is 4.67. The van der Waals surface area contributed by atoms with Crippen LogP contribution < -0.4 is 10.0 Å². The van der Waals surface area contributed by atoms with Crippen LogP contribution in [0.15, 0.2) is 53.7 Å². The molecule has 0 saturated heterocycles. The second-order valence-corrected chi connectivity index (χ2v) is 8.31. The van der Waals surface area contributed by atoms with Gasteiger partial charge in [0.1, 0.15) is 0 Å². The lowest BCUT2D eigenvalue weighted by molar-refractivity contribution is -0.116. The van der Waals surface area contributed by atoms with E-state index in [-0.39, 0.29) is 10.8 Å². The number of hydrogen-bond donors (Lipinski definition) is 2. The van der Waals surface area contributed by atoms with E-state index in [0.717, 1.165) is 16.6 Å². The van der Waals surface area contributed by atoms with Gasteiger partial charge in [-0.25, -0.2) is 18.1 Å². The Labute approximate surface area is 157 Å². The molecule has 3 aromatic rings. The minimum Gasteiger partial charge on any atom is -0.331 e. The zero-order chi connectivity index (χ0) is 18.9. The maximum Gasteiger partial charge on any atom is 0.240 e. The van der Waals surface area contributed by atoms with Crippen LogP contribution in [-0.2, 0) is 27.8 Å². The molecule has 140 valence electrons. The molecule has 8 heteroatoms. The van der Waals surface area contributed by atoms with Crippen LogP contribution in [0.2, 0.25) is 0 Å². The Morgan fingerprint density at radius 3 is 2.89 bits per heavy atom. The summed E-state index contributed by atoms with van der Waals surface area (Å²) in [5.41, 5.74) is 3.51. The standard InChI is InChI=1S/C19H20N4O3S/c24-19-9-6-14-12-15(7-8-16(14)22-19)27(25,26)21-10-3-11-23-13-20-17-4-1-2-5-18(17)23/h1-2,4-5,7-8,12-13,21H,3,6,9-11H2,(H,22,24). The van der Waals surface area contributed by atoms with Gasteiger partial charge in [0.25, 0.3) is 0 Å². The van der Waals surface area contributed by atoms with Gasteiger partial charge in [-0.05, 0) is 48.7 Å². The number of imidazole rings is 1. The van der Waals surface area contributed by atoms with E-state index in [9.17, 15) is 13.2 Å². The van der Waals surface area contributed by atoms with Crippen molar-refractivity contribution in [3.05, 3.63) is 54.4 Å². The molecule has 0 atom stereocenters. The van der Waals surface area contributed by atoms with Gasteiger partial charge in [0.15, 0.2) is 0 Å². The van der Waals surface area contributed by atoms with E-state index < -0.39 is 10.0 Å². The van der Waals surface area contributed by atoms with Crippen LogP contribution in [0.4, 0.5) is 5.69 Å². The first-order valence-corrected chi connectivity index (χ1v) is 10.3. The van der Waals surface area contributed by atoms with Gasteiger partial charge in [-0.15, -0.1) is 0 Å². The Bertz CT molecular complexity index is 1110. The third-order valence-electron chi connectivity index (χ3n) is 4.68. The first-order chi connectivity index (χ1) is 13.0. The summed E-state index contributed by atoms with van der Waals surface area (Å²) in [5, 5.41) is 2.76. The van der Waals surface area contributed by atoms with E-state index in [1.54, 1.807) is 18.5 Å². The van der Waals surface area contributed by atoms with Gasteiger partial charge in [0.05, 0.1) is 22.3 Å². The lowest BCUT2D eigenvalue weighted by Gasteiger charge is -2.17. The molecule has 7 nitrogen and oxygen atoms in total. The van der Waals surface area contributed by atoms with Crippen LogP contribution in [0.25, 0.3) is 11.0 Å². The summed E-state index contributed by atoms with van der Waals surface area (Å²) in [6, 6.07) is 12.7. The first kappa shape index (κ1) is 17.7. The van der Waals surface area contributed by atoms with Crippen molar-refractivity contribution >= 4 is 32.7 Å². The number of aryl methyl sites for hydroxylation is 2. The van der Waals surface area contributed by atoms with Crippen LogP contribution in [0.5, 0.6) is 0 Å². The van der Waals surface area contributed by atoms with E-state index in [0.29, 0.717) is 38.0 Å². The number of nitrogens with zero attached hydrogens (tertiary/aromatic N) is 2. The molecule has 1 aromatic heterocycles. The molecule has 0 fully saturated rings. The number of fused-ring (bicyclic) bond motifs is 2. The molecule has 2 N–H and O–H groups in total. The SMILES string of the molecule is O=C1CCc2cc(S(=O)(=O)NCCCn3cnc4ccccc43)ccc2N1. The number of amides is 1. The third kappa shape index (κ3) is 3.72. The summed E-state index contributed by atoms with van der Waals surface area (Å²) >= 11 is 0. The molecule has 0 aliphatic carbocycles. The van der Waals surface area contributed by atoms with Gasteiger partial charge in [-0.2, -0.15) is 0 Å². The monoisotopic (exact) mass is 384 g/mol. The molecule has 0 radical (unpaired) electrons. The fourth-order valence-electron chi connectivity index (χ4n) is 3.25. The molecular weight excluding hydrogens is 364 g/mol. The molecule has 0 saturated carbocycles. The number of sulfonamides is 1. The van der Waals surface area contributed by atoms with E-state index in [2.05, 4.69) is 15.0 Å². The maximum atomic E-state index is 12.5. The molecule has 2 heterocycles. The molecule has 1 aliphatic rings. The van der Waals surface area contributed by atoms with Crippen LogP contribution in [0.3, 0.4) is 0 Å². The molecule has 0 unspecified atom stereocenters. The third-order valence-corrected chi connectivity index (χ3v) is 6.14. The summed E-state index contributed by atoms with van der Waals surface area (Å²) in [6.07, 6.45) is 3.36. The van der Waals surface area contributed by atoms with Crippen molar-refractivity contribution < 1.29 is 13.2 Å². The lowest BCUT2D eigenvalue weighted by Crippen LogP contribution is -2.26. The van der Waals surface area contributed by atoms with Crippen LogP contribution in [0.1, 0.15) is 18.4 Å². The largest absolute Gasteiger partial charge is 0.331 e. The number of benzene rings is 2. The van der Waals surface area contributed by atoms with Gasteiger partial charge in [0.2, 0.25) is 15.9 Å². The summed E-state index contributed by atoms with van der Waals surface area (Å²) < 4.78 is 29.7. The number of anilines is 1. The molecule has 1 amide bonds. The molecule has 4 rings (SSSR count).